The summed E-state index contributed by atoms with van der Waals surface area (Å²) >= 11 is 0. The molecule has 0 spiro atoms. The number of carbonyl (C=O) groups is 2. The number of benzene rings is 1. The van der Waals surface area contributed by atoms with Gasteiger partial charge in [0.05, 0.1) is 6.20 Å². The molecular weight excluding hydrogens is 344 g/mol. The molecule has 8 heteroatoms. The summed E-state index contributed by atoms with van der Waals surface area (Å²) in [5.41, 5.74) is 0.451. The van der Waals surface area contributed by atoms with E-state index in [1.807, 2.05) is 0 Å². The number of hydrogen-bond acceptors (Lipinski definition) is 6. The van der Waals surface area contributed by atoms with Crippen LogP contribution in [0.3, 0.4) is 0 Å². The maximum Gasteiger partial charge on any atom is 0.256 e. The maximum atomic E-state index is 12.3. The van der Waals surface area contributed by atoms with Crippen molar-refractivity contribution in [3.8, 4) is 12.3 Å². The highest BCUT2D eigenvalue weighted by molar-refractivity contribution is 6.04. The first-order valence-corrected chi connectivity index (χ1v) is 8.45. The number of nitrogens with one attached hydrogen (secondary N) is 2. The average Bonchev–Trinajstić information content (AvgIpc) is 3.46. The van der Waals surface area contributed by atoms with Crippen molar-refractivity contribution >= 4 is 23.3 Å². The van der Waals surface area contributed by atoms with E-state index in [0.717, 1.165) is 0 Å². The molecular formula is C19H18N6O2. The summed E-state index contributed by atoms with van der Waals surface area (Å²) in [5.74, 6) is 2.41. The van der Waals surface area contributed by atoms with Gasteiger partial charge in [-0.25, -0.2) is 4.98 Å². The minimum absolute atomic E-state index is 0.168. The van der Waals surface area contributed by atoms with Gasteiger partial charge in [0.25, 0.3) is 5.91 Å². The molecule has 1 aliphatic heterocycles. The first kappa shape index (κ1) is 18.2. The Morgan fingerprint density at radius 3 is 2.70 bits per heavy atom. The number of rotatable bonds is 8. The molecule has 3 rings (SSSR count). The number of carbonyl (C=O) groups excluding carboxylic acids is 2. The van der Waals surface area contributed by atoms with Crippen LogP contribution in [0.1, 0.15) is 36.0 Å². The lowest BCUT2D eigenvalue weighted by atomic mass is 10.0. The second-order valence-corrected chi connectivity index (χ2v) is 6.06. The largest absolute Gasteiger partial charge is 0.326 e. The summed E-state index contributed by atoms with van der Waals surface area (Å²) in [7, 11) is 0. The van der Waals surface area contributed by atoms with Crippen LogP contribution in [0.5, 0.6) is 0 Å². The molecule has 27 heavy (non-hydrogen) atoms. The van der Waals surface area contributed by atoms with E-state index in [9.17, 15) is 9.59 Å². The maximum absolute atomic E-state index is 12.3. The fraction of sp³-hybridized carbons (Fsp3) is 0.263. The van der Waals surface area contributed by atoms with Gasteiger partial charge < -0.3 is 10.6 Å². The van der Waals surface area contributed by atoms with Gasteiger partial charge in [0.15, 0.2) is 11.5 Å². The zero-order valence-corrected chi connectivity index (χ0v) is 14.6. The summed E-state index contributed by atoms with van der Waals surface area (Å²) < 4.78 is 0. The van der Waals surface area contributed by atoms with Gasteiger partial charge in [0, 0.05) is 49.3 Å². The van der Waals surface area contributed by atoms with Gasteiger partial charge >= 0.3 is 0 Å². The van der Waals surface area contributed by atoms with E-state index >= 15 is 0 Å². The summed E-state index contributed by atoms with van der Waals surface area (Å²) in [5, 5.41) is 13.5. The summed E-state index contributed by atoms with van der Waals surface area (Å²) in [6.07, 6.45) is 11.7. The molecule has 136 valence electrons. The highest BCUT2D eigenvalue weighted by Gasteiger charge is 2.39. The van der Waals surface area contributed by atoms with E-state index in [0.29, 0.717) is 36.3 Å². The Hall–Kier alpha value is -3.60. The monoisotopic (exact) mass is 362 g/mol. The predicted octanol–water partition coefficient (Wildman–Crippen LogP) is 3.02. The van der Waals surface area contributed by atoms with E-state index in [-0.39, 0.29) is 18.2 Å². The lowest BCUT2D eigenvalue weighted by Crippen LogP contribution is -2.18. The van der Waals surface area contributed by atoms with Crippen LogP contribution in [-0.2, 0) is 4.79 Å². The minimum Gasteiger partial charge on any atom is -0.326 e. The molecule has 2 N–H and O–H groups in total. The second-order valence-electron chi connectivity index (χ2n) is 6.06. The van der Waals surface area contributed by atoms with Crippen molar-refractivity contribution in [1.82, 2.24) is 9.97 Å². The number of hydrogen-bond donors (Lipinski definition) is 2. The Morgan fingerprint density at radius 1 is 1.15 bits per heavy atom. The van der Waals surface area contributed by atoms with E-state index in [1.165, 1.54) is 18.6 Å². The Bertz CT molecular complexity index is 898. The third-order valence-electron chi connectivity index (χ3n) is 4.02. The van der Waals surface area contributed by atoms with Crippen molar-refractivity contribution in [2.24, 2.45) is 10.2 Å². The quantitative estimate of drug-likeness (QED) is 0.704. The molecule has 0 radical (unpaired) electrons. The van der Waals surface area contributed by atoms with Gasteiger partial charge in [-0.15, -0.1) is 12.3 Å². The topological polar surface area (TPSA) is 109 Å². The normalized spacial score (nSPS) is 13.4. The van der Waals surface area contributed by atoms with E-state index in [1.54, 1.807) is 24.3 Å². The highest BCUT2D eigenvalue weighted by Crippen LogP contribution is 2.37. The first-order valence-electron chi connectivity index (χ1n) is 8.45. The van der Waals surface area contributed by atoms with Crippen molar-refractivity contribution in [2.75, 3.05) is 10.6 Å². The lowest BCUT2D eigenvalue weighted by molar-refractivity contribution is -0.116. The second kappa shape index (κ2) is 8.19. The summed E-state index contributed by atoms with van der Waals surface area (Å²) in [6.45, 7) is 0. The summed E-state index contributed by atoms with van der Waals surface area (Å²) in [6, 6.07) is 6.67. The fourth-order valence-electron chi connectivity index (χ4n) is 2.50. The Morgan fingerprint density at radius 2 is 2.00 bits per heavy atom. The molecule has 0 saturated heterocycles. The smallest absolute Gasteiger partial charge is 0.256 e. The van der Waals surface area contributed by atoms with Crippen LogP contribution in [0, 0.1) is 12.3 Å². The Labute approximate surface area is 156 Å². The zero-order valence-electron chi connectivity index (χ0n) is 14.6. The first-order chi connectivity index (χ1) is 13.1. The third-order valence-corrected chi connectivity index (χ3v) is 4.02. The molecule has 8 nitrogen and oxygen atoms in total. The van der Waals surface area contributed by atoms with Crippen LogP contribution in [-0.4, -0.2) is 27.4 Å². The van der Waals surface area contributed by atoms with Gasteiger partial charge in [0.2, 0.25) is 5.91 Å². The fourth-order valence-corrected chi connectivity index (χ4v) is 2.50. The molecule has 0 aliphatic carbocycles. The van der Waals surface area contributed by atoms with Crippen molar-refractivity contribution in [3.05, 3.63) is 48.4 Å². The molecule has 1 aromatic carbocycles. The molecule has 0 unspecified atom stereocenters. The molecule has 0 atom stereocenters. The van der Waals surface area contributed by atoms with Crippen LogP contribution in [0.2, 0.25) is 0 Å². The zero-order chi connectivity index (χ0) is 19.1. The minimum atomic E-state index is -0.484. The van der Waals surface area contributed by atoms with Crippen LogP contribution >= 0.6 is 0 Å². The van der Waals surface area contributed by atoms with Crippen molar-refractivity contribution in [1.29, 1.82) is 0 Å². The third kappa shape index (κ3) is 5.19. The van der Waals surface area contributed by atoms with E-state index in [4.69, 9.17) is 6.42 Å². The van der Waals surface area contributed by atoms with Gasteiger partial charge in [-0.3, -0.25) is 14.6 Å². The lowest BCUT2D eigenvalue weighted by Gasteiger charge is -2.10. The highest BCUT2D eigenvalue weighted by atomic mass is 16.2. The van der Waals surface area contributed by atoms with Crippen LogP contribution in [0.15, 0.2) is 53.1 Å². The predicted molar refractivity (Wildman–Crippen MR) is 99.9 cm³/mol. The molecule has 2 amide bonds. The number of amides is 2. The number of terminal acetylenes is 1. The molecule has 1 aliphatic rings. The van der Waals surface area contributed by atoms with Crippen LogP contribution in [0.4, 0.5) is 11.5 Å². The van der Waals surface area contributed by atoms with Crippen molar-refractivity contribution in [3.63, 3.8) is 0 Å². The number of nitrogens with zero attached hydrogens (tertiary/aromatic N) is 4. The molecule has 0 fully saturated rings. The Balaban J connectivity index is 1.53. The standard InChI is InChI=1S/C19H18N6O2/c1-2-3-8-19(24-25-19)9-7-17(26)22-15-6-4-5-14(12-15)18(27)23-16-13-20-10-11-21-16/h1,4-6,10-13H,3,7-9H2,(H,22,26)(H,21,23,27). The van der Waals surface area contributed by atoms with Gasteiger partial charge in [0.1, 0.15) is 0 Å². The van der Waals surface area contributed by atoms with Crippen molar-refractivity contribution in [2.45, 2.75) is 31.3 Å². The molecule has 2 heterocycles. The number of anilines is 2. The van der Waals surface area contributed by atoms with Crippen LogP contribution < -0.4 is 10.6 Å². The summed E-state index contributed by atoms with van der Waals surface area (Å²) in [4.78, 5) is 32.4. The van der Waals surface area contributed by atoms with Gasteiger partial charge in [-0.1, -0.05) is 6.07 Å². The van der Waals surface area contributed by atoms with E-state index in [2.05, 4.69) is 36.8 Å². The Kier molecular flexibility index (Phi) is 5.52. The van der Waals surface area contributed by atoms with Gasteiger partial charge in [-0.05, 0) is 18.2 Å². The molecule has 1 aromatic heterocycles. The van der Waals surface area contributed by atoms with Crippen LogP contribution in [0.25, 0.3) is 0 Å². The molecule has 2 aromatic rings. The average molecular weight is 362 g/mol. The molecule has 0 bridgehead atoms. The van der Waals surface area contributed by atoms with E-state index < -0.39 is 5.66 Å². The SMILES string of the molecule is C#CCCC1(CCC(=O)Nc2cccc(C(=O)Nc3cnccn3)c2)N=N1. The van der Waals surface area contributed by atoms with Crippen molar-refractivity contribution < 1.29 is 9.59 Å². The number of aromatic nitrogens is 2. The van der Waals surface area contributed by atoms with Gasteiger partial charge in [-0.2, -0.15) is 10.2 Å². The molecule has 0 saturated carbocycles.